The number of hydrogen-bond donors (Lipinski definition) is 2. The van der Waals surface area contributed by atoms with E-state index in [1.807, 2.05) is 17.7 Å². The Morgan fingerprint density at radius 3 is 2.54 bits per heavy atom. The highest BCUT2D eigenvalue weighted by Gasteiger charge is 2.07. The van der Waals surface area contributed by atoms with Crippen LogP contribution in [0.15, 0.2) is 36.7 Å². The summed E-state index contributed by atoms with van der Waals surface area (Å²) in [5.74, 6) is 0.644. The molecule has 2 aromatic rings. The lowest BCUT2D eigenvalue weighted by atomic mass is 10.2. The first kappa shape index (κ1) is 18.0. The molecule has 0 aliphatic carbocycles. The molecule has 1 aromatic carbocycles. The zero-order valence-electron chi connectivity index (χ0n) is 13.6. The number of carbonyl (C=O) groups excluding carboxylic acids is 2. The molecule has 0 saturated carbocycles. The van der Waals surface area contributed by atoms with Crippen LogP contribution in [0.5, 0.6) is 0 Å². The topological polar surface area (TPSA) is 76.0 Å². The van der Waals surface area contributed by atoms with E-state index >= 15 is 0 Å². The zero-order chi connectivity index (χ0) is 17.4. The predicted molar refractivity (Wildman–Crippen MR) is 93.9 cm³/mol. The average Bonchev–Trinajstić information content (AvgIpc) is 2.97. The lowest BCUT2D eigenvalue weighted by Gasteiger charge is -2.08. The Bertz CT molecular complexity index is 682. The normalized spacial score (nSPS) is 10.4. The lowest BCUT2D eigenvalue weighted by Crippen LogP contribution is -2.26. The first-order chi connectivity index (χ1) is 11.5. The van der Waals surface area contributed by atoms with Crippen LogP contribution in [0.4, 0.5) is 5.69 Å². The molecule has 2 rings (SSSR count). The number of aromatic nitrogens is 2. The van der Waals surface area contributed by atoms with Crippen LogP contribution >= 0.6 is 11.6 Å². The maximum atomic E-state index is 11.8. The first-order valence-corrected chi connectivity index (χ1v) is 8.22. The van der Waals surface area contributed by atoms with Gasteiger partial charge >= 0.3 is 0 Å². The van der Waals surface area contributed by atoms with Gasteiger partial charge in [0.25, 0.3) is 0 Å². The smallest absolute Gasteiger partial charge is 0.224 e. The van der Waals surface area contributed by atoms with Gasteiger partial charge in [-0.3, -0.25) is 9.59 Å². The minimum Gasteiger partial charge on any atom is -0.356 e. The number of aryl methyl sites for hydroxylation is 2. The van der Waals surface area contributed by atoms with Crippen molar-refractivity contribution in [2.75, 3.05) is 11.9 Å². The Morgan fingerprint density at radius 2 is 1.88 bits per heavy atom. The monoisotopic (exact) mass is 348 g/mol. The minimum absolute atomic E-state index is 0.122. The summed E-state index contributed by atoms with van der Waals surface area (Å²) in [5.41, 5.74) is 0.667. The standard InChI is InChI=1S/C17H21ClN4O2/c1-13-19-10-12-22(13)11-2-9-20-16(23)7-8-17(24)21-15-5-3-14(18)4-6-15/h3-6,10,12H,2,7-9,11H2,1H3,(H,20,23)(H,21,24). The Morgan fingerprint density at radius 1 is 1.17 bits per heavy atom. The molecule has 0 atom stereocenters. The molecule has 7 heteroatoms. The van der Waals surface area contributed by atoms with Gasteiger partial charge in [-0.1, -0.05) is 11.6 Å². The molecule has 2 amide bonds. The number of carbonyl (C=O) groups is 2. The van der Waals surface area contributed by atoms with Crippen molar-refractivity contribution in [2.45, 2.75) is 32.7 Å². The van der Waals surface area contributed by atoms with Crippen molar-refractivity contribution in [3.8, 4) is 0 Å². The van der Waals surface area contributed by atoms with Crippen molar-refractivity contribution in [2.24, 2.45) is 0 Å². The number of rotatable bonds is 8. The van der Waals surface area contributed by atoms with Crippen LogP contribution in [-0.4, -0.2) is 27.9 Å². The van der Waals surface area contributed by atoms with Crippen molar-refractivity contribution < 1.29 is 9.59 Å². The fourth-order valence-electron chi connectivity index (χ4n) is 2.19. The van der Waals surface area contributed by atoms with Gasteiger partial charge in [0, 0.05) is 49.0 Å². The van der Waals surface area contributed by atoms with E-state index in [9.17, 15) is 9.59 Å². The summed E-state index contributed by atoms with van der Waals surface area (Å²) in [5, 5.41) is 6.16. The molecule has 0 bridgehead atoms. The molecule has 6 nitrogen and oxygen atoms in total. The third kappa shape index (κ3) is 6.04. The number of nitrogens with zero attached hydrogens (tertiary/aromatic N) is 2. The van der Waals surface area contributed by atoms with Gasteiger partial charge in [-0.05, 0) is 37.6 Å². The Kier molecular flexibility index (Phi) is 6.81. The zero-order valence-corrected chi connectivity index (χ0v) is 14.3. The summed E-state index contributed by atoms with van der Waals surface area (Å²) < 4.78 is 2.03. The maximum absolute atomic E-state index is 11.8. The van der Waals surface area contributed by atoms with Crippen LogP contribution in [0.3, 0.4) is 0 Å². The van der Waals surface area contributed by atoms with Crippen molar-refractivity contribution in [3.05, 3.63) is 47.5 Å². The van der Waals surface area contributed by atoms with E-state index in [2.05, 4.69) is 15.6 Å². The molecule has 0 aliphatic heterocycles. The summed E-state index contributed by atoms with van der Waals surface area (Å²) in [6.45, 7) is 3.33. The molecule has 0 radical (unpaired) electrons. The summed E-state index contributed by atoms with van der Waals surface area (Å²) in [4.78, 5) is 27.7. The van der Waals surface area contributed by atoms with Gasteiger partial charge in [-0.25, -0.2) is 4.98 Å². The van der Waals surface area contributed by atoms with E-state index in [1.165, 1.54) is 0 Å². The van der Waals surface area contributed by atoms with Gasteiger partial charge in [0.1, 0.15) is 5.82 Å². The Hall–Kier alpha value is -2.34. The summed E-state index contributed by atoms with van der Waals surface area (Å²) in [6, 6.07) is 6.84. The highest BCUT2D eigenvalue weighted by molar-refractivity contribution is 6.30. The molecule has 1 heterocycles. The van der Waals surface area contributed by atoms with E-state index in [0.717, 1.165) is 18.8 Å². The molecule has 0 aliphatic rings. The van der Waals surface area contributed by atoms with Gasteiger partial charge in [0.2, 0.25) is 11.8 Å². The van der Waals surface area contributed by atoms with E-state index in [0.29, 0.717) is 17.3 Å². The van der Waals surface area contributed by atoms with E-state index < -0.39 is 0 Å². The van der Waals surface area contributed by atoms with Crippen LogP contribution in [0.25, 0.3) is 0 Å². The van der Waals surface area contributed by atoms with Crippen molar-refractivity contribution in [1.29, 1.82) is 0 Å². The number of benzene rings is 1. The van der Waals surface area contributed by atoms with Gasteiger partial charge in [-0.15, -0.1) is 0 Å². The predicted octanol–water partition coefficient (Wildman–Crippen LogP) is 2.77. The molecule has 1 aromatic heterocycles. The second-order valence-electron chi connectivity index (χ2n) is 5.43. The summed E-state index contributed by atoms with van der Waals surface area (Å²) in [7, 11) is 0. The SMILES string of the molecule is Cc1nccn1CCCNC(=O)CCC(=O)Nc1ccc(Cl)cc1. The van der Waals surface area contributed by atoms with Crippen molar-refractivity contribution in [3.63, 3.8) is 0 Å². The third-order valence-corrected chi connectivity index (χ3v) is 3.78. The first-order valence-electron chi connectivity index (χ1n) is 7.84. The molecule has 0 spiro atoms. The van der Waals surface area contributed by atoms with Gasteiger partial charge in [0.05, 0.1) is 0 Å². The molecule has 2 N–H and O–H groups in total. The number of anilines is 1. The lowest BCUT2D eigenvalue weighted by molar-refractivity contribution is -0.124. The number of hydrogen-bond acceptors (Lipinski definition) is 3. The Balaban J connectivity index is 1.59. The minimum atomic E-state index is -0.193. The number of amides is 2. The second-order valence-corrected chi connectivity index (χ2v) is 5.86. The number of halogens is 1. The van der Waals surface area contributed by atoms with Crippen LogP contribution < -0.4 is 10.6 Å². The average molecular weight is 349 g/mol. The van der Waals surface area contributed by atoms with Gasteiger partial charge in [0.15, 0.2) is 0 Å². The number of nitrogens with one attached hydrogen (secondary N) is 2. The molecule has 128 valence electrons. The summed E-state index contributed by atoms with van der Waals surface area (Å²) in [6.07, 6.45) is 4.81. The van der Waals surface area contributed by atoms with E-state index in [1.54, 1.807) is 30.5 Å². The fourth-order valence-corrected chi connectivity index (χ4v) is 2.32. The Labute approximate surface area is 146 Å². The van der Waals surface area contributed by atoms with Crippen molar-refractivity contribution >= 4 is 29.1 Å². The highest BCUT2D eigenvalue weighted by Crippen LogP contribution is 2.13. The molecule has 0 saturated heterocycles. The molecule has 24 heavy (non-hydrogen) atoms. The summed E-state index contributed by atoms with van der Waals surface area (Å²) >= 11 is 5.78. The molecule has 0 unspecified atom stereocenters. The number of imidazole rings is 1. The van der Waals surface area contributed by atoms with Crippen LogP contribution in [0.2, 0.25) is 5.02 Å². The van der Waals surface area contributed by atoms with Crippen LogP contribution in [0.1, 0.15) is 25.1 Å². The van der Waals surface area contributed by atoms with E-state index in [-0.39, 0.29) is 24.7 Å². The van der Waals surface area contributed by atoms with Gasteiger partial charge < -0.3 is 15.2 Å². The molecular formula is C17H21ClN4O2. The highest BCUT2D eigenvalue weighted by atomic mass is 35.5. The maximum Gasteiger partial charge on any atom is 0.224 e. The van der Waals surface area contributed by atoms with Crippen molar-refractivity contribution in [1.82, 2.24) is 14.9 Å². The largest absolute Gasteiger partial charge is 0.356 e. The second kappa shape index (κ2) is 9.08. The van der Waals surface area contributed by atoms with Crippen LogP contribution in [-0.2, 0) is 16.1 Å². The van der Waals surface area contributed by atoms with Gasteiger partial charge in [-0.2, -0.15) is 0 Å². The third-order valence-electron chi connectivity index (χ3n) is 3.53. The molecular weight excluding hydrogens is 328 g/mol. The quantitative estimate of drug-likeness (QED) is 0.720. The molecule has 0 fully saturated rings. The van der Waals surface area contributed by atoms with Crippen LogP contribution in [0, 0.1) is 6.92 Å². The fraction of sp³-hybridized carbons (Fsp3) is 0.353. The van der Waals surface area contributed by atoms with E-state index in [4.69, 9.17) is 11.6 Å².